The first-order valence-electron chi connectivity index (χ1n) is 5.78. The van der Waals surface area contributed by atoms with Crippen molar-refractivity contribution in [2.45, 2.75) is 6.42 Å². The Labute approximate surface area is 117 Å². The largest absolute Gasteiger partial charge is 0.351 e. The van der Waals surface area contributed by atoms with Gasteiger partial charge >= 0.3 is 0 Å². The van der Waals surface area contributed by atoms with Gasteiger partial charge in [0.05, 0.1) is 5.69 Å². The summed E-state index contributed by atoms with van der Waals surface area (Å²) in [6.45, 7) is 0.473. The molecule has 2 N–H and O–H groups in total. The maximum Gasteiger partial charge on any atom is 0.263 e. The molecule has 3 aromatic rings. The van der Waals surface area contributed by atoms with Gasteiger partial charge in [-0.1, -0.05) is 0 Å². The zero-order valence-corrected chi connectivity index (χ0v) is 11.0. The van der Waals surface area contributed by atoms with Crippen LogP contribution in [-0.4, -0.2) is 47.8 Å². The summed E-state index contributed by atoms with van der Waals surface area (Å²) < 4.78 is 1.46. The molecule has 10 heteroatoms. The van der Waals surface area contributed by atoms with Crippen LogP contribution in [0, 0.1) is 0 Å². The van der Waals surface area contributed by atoms with Gasteiger partial charge in [0, 0.05) is 13.0 Å². The Hall–Kier alpha value is -2.62. The maximum absolute atomic E-state index is 12.1. The van der Waals surface area contributed by atoms with E-state index in [-0.39, 0.29) is 5.91 Å². The zero-order valence-electron chi connectivity index (χ0n) is 10.2. The molecule has 3 aromatic heterocycles. The fraction of sp³-hybridized carbons (Fsp3) is 0.200. The lowest BCUT2D eigenvalue weighted by Crippen LogP contribution is -2.26. The van der Waals surface area contributed by atoms with Crippen LogP contribution in [0.5, 0.6) is 0 Å². The summed E-state index contributed by atoms with van der Waals surface area (Å²) in [4.78, 5) is 16.7. The number of aromatic amines is 1. The lowest BCUT2D eigenvalue weighted by molar-refractivity contribution is 0.0958. The molecule has 0 aliphatic rings. The fourth-order valence-electron chi connectivity index (χ4n) is 1.65. The highest BCUT2D eigenvalue weighted by atomic mass is 32.1. The second-order valence-corrected chi connectivity index (χ2v) is 4.74. The van der Waals surface area contributed by atoms with E-state index in [2.05, 4.69) is 36.0 Å². The molecule has 3 rings (SSSR count). The van der Waals surface area contributed by atoms with Crippen molar-refractivity contribution in [2.24, 2.45) is 0 Å². The van der Waals surface area contributed by atoms with Gasteiger partial charge in [0.25, 0.3) is 5.91 Å². The van der Waals surface area contributed by atoms with Crippen LogP contribution in [0.2, 0.25) is 0 Å². The Kier molecular flexibility index (Phi) is 3.46. The highest BCUT2D eigenvalue weighted by Gasteiger charge is 2.15. The van der Waals surface area contributed by atoms with E-state index in [0.29, 0.717) is 23.5 Å². The van der Waals surface area contributed by atoms with Gasteiger partial charge in [0.1, 0.15) is 23.4 Å². The highest BCUT2D eigenvalue weighted by Crippen LogP contribution is 2.19. The number of tetrazole rings is 1. The van der Waals surface area contributed by atoms with Gasteiger partial charge in [0.15, 0.2) is 0 Å². The van der Waals surface area contributed by atoms with E-state index >= 15 is 0 Å². The van der Waals surface area contributed by atoms with E-state index in [1.54, 1.807) is 6.07 Å². The summed E-state index contributed by atoms with van der Waals surface area (Å²) in [6, 6.07) is 1.80. The molecule has 102 valence electrons. The van der Waals surface area contributed by atoms with Gasteiger partial charge in [-0.2, -0.15) is 9.78 Å². The molecular formula is C10H10N8OS. The Morgan fingerprint density at radius 3 is 3.20 bits per heavy atom. The van der Waals surface area contributed by atoms with E-state index in [1.807, 2.05) is 5.38 Å². The molecule has 0 atom stereocenters. The Morgan fingerprint density at radius 2 is 2.45 bits per heavy atom. The molecule has 0 unspecified atom stereocenters. The van der Waals surface area contributed by atoms with Crippen LogP contribution in [0.1, 0.15) is 15.5 Å². The van der Waals surface area contributed by atoms with Crippen LogP contribution in [0.3, 0.4) is 0 Å². The van der Waals surface area contributed by atoms with Gasteiger partial charge in [-0.05, 0) is 21.9 Å². The summed E-state index contributed by atoms with van der Waals surface area (Å²) in [5.41, 5.74) is 0.664. The van der Waals surface area contributed by atoms with Crippen LogP contribution in [0.25, 0.3) is 5.69 Å². The first-order valence-corrected chi connectivity index (χ1v) is 6.66. The molecule has 0 radical (unpaired) electrons. The highest BCUT2D eigenvalue weighted by molar-refractivity contribution is 7.12. The average molecular weight is 290 g/mol. The maximum atomic E-state index is 12.1. The third kappa shape index (κ3) is 2.54. The Morgan fingerprint density at radius 1 is 1.50 bits per heavy atom. The lowest BCUT2D eigenvalue weighted by Gasteiger charge is -2.04. The number of hydrogen-bond acceptors (Lipinski definition) is 7. The predicted octanol–water partition coefficient (Wildman–Crippen LogP) is -0.186. The van der Waals surface area contributed by atoms with Crippen molar-refractivity contribution in [1.29, 1.82) is 0 Å². The normalized spacial score (nSPS) is 10.6. The third-order valence-electron chi connectivity index (χ3n) is 2.56. The summed E-state index contributed by atoms with van der Waals surface area (Å²) in [5.74, 6) is 0.571. The van der Waals surface area contributed by atoms with E-state index in [1.165, 1.54) is 28.7 Å². The van der Waals surface area contributed by atoms with Crippen molar-refractivity contribution in [1.82, 2.24) is 40.7 Å². The van der Waals surface area contributed by atoms with Gasteiger partial charge < -0.3 is 5.32 Å². The SMILES string of the molecule is O=C(NCCc1ncn[nH]1)c1sccc1-n1cnnn1. The fourth-order valence-corrected chi connectivity index (χ4v) is 2.45. The summed E-state index contributed by atoms with van der Waals surface area (Å²) >= 11 is 1.34. The molecular weight excluding hydrogens is 280 g/mol. The zero-order chi connectivity index (χ0) is 13.8. The Bertz CT molecular complexity index is 674. The van der Waals surface area contributed by atoms with Crippen LogP contribution in [-0.2, 0) is 6.42 Å². The molecule has 0 saturated heterocycles. The second-order valence-electron chi connectivity index (χ2n) is 3.83. The number of rotatable bonds is 5. The molecule has 0 aromatic carbocycles. The molecule has 1 amide bonds. The van der Waals surface area contributed by atoms with Gasteiger partial charge in [-0.3, -0.25) is 9.89 Å². The van der Waals surface area contributed by atoms with E-state index in [0.717, 1.165) is 5.82 Å². The minimum Gasteiger partial charge on any atom is -0.351 e. The van der Waals surface area contributed by atoms with Crippen molar-refractivity contribution < 1.29 is 4.79 Å². The third-order valence-corrected chi connectivity index (χ3v) is 3.46. The second kappa shape index (κ2) is 5.57. The van der Waals surface area contributed by atoms with Gasteiger partial charge in [-0.15, -0.1) is 16.4 Å². The number of amides is 1. The van der Waals surface area contributed by atoms with Crippen molar-refractivity contribution in [3.8, 4) is 5.69 Å². The first-order chi connectivity index (χ1) is 9.84. The number of nitrogens with zero attached hydrogens (tertiary/aromatic N) is 6. The number of aromatic nitrogens is 7. The van der Waals surface area contributed by atoms with E-state index in [4.69, 9.17) is 0 Å². The topological polar surface area (TPSA) is 114 Å². The van der Waals surface area contributed by atoms with E-state index in [9.17, 15) is 4.79 Å². The van der Waals surface area contributed by atoms with Crippen molar-refractivity contribution >= 4 is 17.2 Å². The molecule has 0 aliphatic carbocycles. The number of hydrogen-bond donors (Lipinski definition) is 2. The average Bonchev–Trinajstić information content (AvgIpc) is 3.19. The molecule has 0 saturated carbocycles. The molecule has 0 aliphatic heterocycles. The minimum absolute atomic E-state index is 0.162. The van der Waals surface area contributed by atoms with Gasteiger partial charge in [0.2, 0.25) is 0 Å². The smallest absolute Gasteiger partial charge is 0.263 e. The van der Waals surface area contributed by atoms with Crippen molar-refractivity contribution in [3.05, 3.63) is 34.8 Å². The first kappa shape index (κ1) is 12.4. The molecule has 0 spiro atoms. The van der Waals surface area contributed by atoms with Crippen molar-refractivity contribution in [2.75, 3.05) is 6.54 Å². The number of nitrogens with one attached hydrogen (secondary N) is 2. The standard InChI is InChI=1S/C10H10N8OS/c19-10(11-3-1-8-12-5-13-15-8)9-7(2-4-20-9)18-6-14-16-17-18/h2,4-6H,1,3H2,(H,11,19)(H,12,13,15). The lowest BCUT2D eigenvalue weighted by atomic mass is 10.3. The number of H-pyrrole nitrogens is 1. The summed E-state index contributed by atoms with van der Waals surface area (Å²) in [6.07, 6.45) is 3.48. The monoisotopic (exact) mass is 290 g/mol. The molecule has 3 heterocycles. The van der Waals surface area contributed by atoms with Gasteiger partial charge in [-0.25, -0.2) is 4.98 Å². The molecule has 0 bridgehead atoms. The molecule has 0 fully saturated rings. The number of carbonyl (C=O) groups is 1. The van der Waals surface area contributed by atoms with E-state index < -0.39 is 0 Å². The number of thiophene rings is 1. The summed E-state index contributed by atoms with van der Waals surface area (Å²) in [7, 11) is 0. The van der Waals surface area contributed by atoms with Crippen molar-refractivity contribution in [3.63, 3.8) is 0 Å². The van der Waals surface area contributed by atoms with Crippen LogP contribution >= 0.6 is 11.3 Å². The van der Waals surface area contributed by atoms with Crippen LogP contribution in [0.4, 0.5) is 0 Å². The summed E-state index contributed by atoms with van der Waals surface area (Å²) in [5, 5.41) is 22.0. The minimum atomic E-state index is -0.162. The van der Waals surface area contributed by atoms with Crippen LogP contribution in [0.15, 0.2) is 24.1 Å². The predicted molar refractivity (Wildman–Crippen MR) is 69.5 cm³/mol. The number of carbonyl (C=O) groups excluding carboxylic acids is 1. The molecule has 20 heavy (non-hydrogen) atoms. The Balaban J connectivity index is 1.64. The van der Waals surface area contributed by atoms with Crippen LogP contribution < -0.4 is 5.32 Å². The molecule has 9 nitrogen and oxygen atoms in total. The quantitative estimate of drug-likeness (QED) is 0.673.